The molecule has 2 aromatic carbocycles. The smallest absolute Gasteiger partial charge is 0.416 e. The number of carbonyl (C=O) groups is 1. The summed E-state index contributed by atoms with van der Waals surface area (Å²) in [6, 6.07) is 19.9. The van der Waals surface area contributed by atoms with E-state index in [1.807, 2.05) is 27.7 Å². The lowest BCUT2D eigenvalue weighted by atomic mass is 10.1. The van der Waals surface area contributed by atoms with Crippen LogP contribution in [0.25, 0.3) is 22.5 Å². The number of benzene rings is 2. The maximum Gasteiger partial charge on any atom is 0.416 e. The predicted molar refractivity (Wildman–Crippen MR) is 300 cm³/mol. The van der Waals surface area contributed by atoms with Crippen molar-refractivity contribution in [3.63, 3.8) is 0 Å². The summed E-state index contributed by atoms with van der Waals surface area (Å²) in [5.41, 5.74) is 7.74. The molecular formula is C55H58Cl2F6N10O7S. The fourth-order valence-electron chi connectivity index (χ4n) is 9.94. The van der Waals surface area contributed by atoms with Gasteiger partial charge in [0.05, 0.1) is 87.0 Å². The van der Waals surface area contributed by atoms with Gasteiger partial charge in [0.25, 0.3) is 0 Å². The third-order valence-corrected chi connectivity index (χ3v) is 14.3. The number of ether oxygens (including phenoxy) is 6. The van der Waals surface area contributed by atoms with E-state index in [0.29, 0.717) is 102 Å². The third kappa shape index (κ3) is 14.0. The van der Waals surface area contributed by atoms with Crippen molar-refractivity contribution in [3.05, 3.63) is 118 Å². The molecule has 17 nitrogen and oxygen atoms in total. The third-order valence-electron chi connectivity index (χ3n) is 13.7. The Labute approximate surface area is 479 Å². The highest BCUT2D eigenvalue weighted by Gasteiger charge is 2.42. The molecule has 4 N–H and O–H groups in total. The van der Waals surface area contributed by atoms with Crippen LogP contribution in [0.5, 0.6) is 11.8 Å². The number of carbonyl (C=O) groups excluding carboxylic acids is 1. The Balaban J connectivity index is 0.000000166. The molecular weight excluding hydrogens is 1130 g/mol. The van der Waals surface area contributed by atoms with E-state index in [1.165, 1.54) is 24.4 Å². The minimum Gasteiger partial charge on any atom is -0.475 e. The zero-order valence-electron chi connectivity index (χ0n) is 44.2. The zero-order chi connectivity index (χ0) is 56.7. The first kappa shape index (κ1) is 59.1. The number of alkyl halides is 6. The van der Waals surface area contributed by atoms with Gasteiger partial charge in [-0.1, -0.05) is 47.5 Å². The number of urea groups is 1. The second kappa shape index (κ2) is 23.7. The summed E-state index contributed by atoms with van der Waals surface area (Å²) in [6.45, 7) is 12.2. The van der Waals surface area contributed by atoms with Crippen molar-refractivity contribution < 1.29 is 59.6 Å². The Bertz CT molecular complexity index is 3220. The van der Waals surface area contributed by atoms with E-state index in [2.05, 4.69) is 40.4 Å². The fourth-order valence-corrected chi connectivity index (χ4v) is 10.4. The maximum absolute atomic E-state index is 13.6. The predicted octanol–water partition coefficient (Wildman–Crippen LogP) is 11.7. The van der Waals surface area contributed by atoms with Crippen molar-refractivity contribution in [2.75, 3.05) is 83.7 Å². The summed E-state index contributed by atoms with van der Waals surface area (Å²) >= 11 is 12.8. The SMILES string of the molecule is CC1(C)OC[C@H](COc2ccc(N)cn2)O1.CC1(C)OC[C@H](COc2ccc(NC(=O)N3c4nc(-c5cccc(C(F)(F)F)c5)c(Cl)cc4N4CC[C@H]3C4)cn2)O1.FC(F)(F)c1cccc(-c2nc3c(cc2Cl)N2CC[C@@H](C2)N3)c1.S. The van der Waals surface area contributed by atoms with E-state index in [1.54, 1.807) is 53.6 Å². The van der Waals surface area contributed by atoms with E-state index in [4.69, 9.17) is 57.4 Å². The monoisotopic (exact) mass is 1190 g/mol. The number of nitrogen functional groups attached to an aromatic ring is 1. The second-order valence-corrected chi connectivity index (χ2v) is 21.4. The van der Waals surface area contributed by atoms with Gasteiger partial charge in [-0.3, -0.25) is 4.90 Å². The van der Waals surface area contributed by atoms with E-state index in [0.717, 1.165) is 49.5 Å². The number of fused-ring (bicyclic) bond motifs is 8. The first-order valence-electron chi connectivity index (χ1n) is 25.6. The Hall–Kier alpha value is -6.54. The number of aromatic nitrogens is 4. The number of rotatable bonds is 9. The van der Waals surface area contributed by atoms with Gasteiger partial charge in [0.1, 0.15) is 25.4 Å². The molecule has 4 atom stereocenters. The Morgan fingerprint density at radius 2 is 1.27 bits per heavy atom. The molecule has 0 unspecified atom stereocenters. The average molecular weight is 1190 g/mol. The van der Waals surface area contributed by atoms with E-state index < -0.39 is 41.1 Å². The van der Waals surface area contributed by atoms with E-state index >= 15 is 0 Å². The highest BCUT2D eigenvalue weighted by Crippen LogP contribution is 2.45. The minimum absolute atomic E-state index is 0. The van der Waals surface area contributed by atoms with Gasteiger partial charge in [-0.05, 0) is 89.1 Å². The van der Waals surface area contributed by atoms with Crippen molar-refractivity contribution in [3.8, 4) is 34.3 Å². The molecule has 10 heterocycles. The molecule has 2 amide bonds. The van der Waals surface area contributed by atoms with Gasteiger partial charge in [0.2, 0.25) is 11.8 Å². The van der Waals surface area contributed by atoms with Crippen LogP contribution in [0.4, 0.5) is 65.5 Å². The Morgan fingerprint density at radius 1 is 0.728 bits per heavy atom. The van der Waals surface area contributed by atoms with Crippen LogP contribution < -0.4 is 40.5 Å². The van der Waals surface area contributed by atoms with Crippen LogP contribution in [0.3, 0.4) is 0 Å². The number of amides is 2. The molecule has 0 radical (unpaired) electrons. The van der Waals surface area contributed by atoms with Crippen LogP contribution in [0.1, 0.15) is 51.7 Å². The summed E-state index contributed by atoms with van der Waals surface area (Å²) in [5, 5.41) is 6.75. The molecule has 0 aliphatic carbocycles. The zero-order valence-corrected chi connectivity index (χ0v) is 46.7. The highest BCUT2D eigenvalue weighted by molar-refractivity contribution is 7.59. The van der Waals surface area contributed by atoms with Crippen LogP contribution in [-0.4, -0.2) is 114 Å². The summed E-state index contributed by atoms with van der Waals surface area (Å²) in [4.78, 5) is 36.8. The molecule has 0 spiro atoms. The molecule has 26 heteroatoms. The van der Waals surface area contributed by atoms with E-state index in [9.17, 15) is 31.1 Å². The number of nitrogens with two attached hydrogens (primary N) is 1. The molecule has 432 valence electrons. The van der Waals surface area contributed by atoms with Crippen LogP contribution in [0.15, 0.2) is 97.3 Å². The average Bonchev–Trinajstić information content (AvgIpc) is 4.44. The van der Waals surface area contributed by atoms with Crippen molar-refractivity contribution in [2.24, 2.45) is 0 Å². The van der Waals surface area contributed by atoms with Gasteiger partial charge in [0, 0.05) is 55.5 Å². The quantitative estimate of drug-likeness (QED) is 0.116. The van der Waals surface area contributed by atoms with Gasteiger partial charge in [-0.2, -0.15) is 39.8 Å². The molecule has 4 bridgehead atoms. The first-order valence-corrected chi connectivity index (χ1v) is 26.4. The standard InChI is InChI=1S/C28H27ClF3N5O4.C16H13ClF3N3.C11H16N2O3.H2S/c1-27(2)40-15-20(41-27)14-39-23-7-6-18(12-33-23)34-26(38)37-19-8-9-36(13-19)22-11-21(29)24(35-25(22)37)16-4-3-5-17(10-16)28(30,31)32;17-12-7-13-15(21-11-4-5-23(13)8-11)22-14(12)9-2-1-3-10(6-9)16(18,19)20;1-11(2)15-7-9(16-11)6-14-10-4-3-8(12)5-13-10;/h3-7,10-12,19-20H,8-9,13-15H2,1-2H3,(H,34,38);1-3,6-7,11H,4-5,8H2,(H,21,22);3-5,9H,6-7,12H2,1-2H3;1H2/t19-,20-;11-;9-;/m000./s1. The van der Waals surface area contributed by atoms with Gasteiger partial charge in [-0.15, -0.1) is 0 Å². The topological polar surface area (TPSA) is 184 Å². The first-order chi connectivity index (χ1) is 37.9. The summed E-state index contributed by atoms with van der Waals surface area (Å²) in [5.74, 6) is 0.782. The number of pyridine rings is 4. The number of anilines is 6. The molecule has 0 saturated carbocycles. The molecule has 6 aliphatic rings. The maximum atomic E-state index is 13.6. The lowest BCUT2D eigenvalue weighted by Gasteiger charge is -2.36. The summed E-state index contributed by atoms with van der Waals surface area (Å²) in [6.07, 6.45) is -4.39. The van der Waals surface area contributed by atoms with E-state index in [-0.39, 0.29) is 54.6 Å². The lowest BCUT2D eigenvalue weighted by molar-refractivity contribution is -0.142. The molecule has 4 fully saturated rings. The van der Waals surface area contributed by atoms with Crippen molar-refractivity contribution >= 4 is 77.1 Å². The van der Waals surface area contributed by atoms with Gasteiger partial charge < -0.3 is 54.6 Å². The number of hydrogen-bond acceptors (Lipinski definition) is 15. The molecule has 4 saturated heterocycles. The lowest BCUT2D eigenvalue weighted by Crippen LogP contribution is -2.48. The Morgan fingerprint density at radius 3 is 1.80 bits per heavy atom. The van der Waals surface area contributed by atoms with Crippen LogP contribution in [0.2, 0.25) is 10.0 Å². The molecule has 12 rings (SSSR count). The number of nitrogens with zero attached hydrogens (tertiary/aromatic N) is 7. The van der Waals surface area contributed by atoms with Gasteiger partial charge >= 0.3 is 18.4 Å². The number of halogens is 8. The summed E-state index contributed by atoms with van der Waals surface area (Å²) in [7, 11) is 0. The fraction of sp³-hybridized carbons (Fsp3) is 0.400. The highest BCUT2D eigenvalue weighted by atomic mass is 35.5. The van der Waals surface area contributed by atoms with Crippen molar-refractivity contribution in [1.82, 2.24) is 19.9 Å². The van der Waals surface area contributed by atoms with Crippen LogP contribution in [-0.2, 0) is 31.3 Å². The largest absolute Gasteiger partial charge is 0.475 e. The number of hydrogen-bond donors (Lipinski definition) is 3. The number of nitrogens with one attached hydrogen (secondary N) is 2. The van der Waals surface area contributed by atoms with Crippen molar-refractivity contribution in [2.45, 2.75) is 88.8 Å². The molecule has 4 aromatic heterocycles. The minimum atomic E-state index is -4.52. The van der Waals surface area contributed by atoms with Gasteiger partial charge in [-0.25, -0.2) is 24.7 Å². The van der Waals surface area contributed by atoms with Crippen LogP contribution >= 0.6 is 36.7 Å². The second-order valence-electron chi connectivity index (χ2n) is 20.6. The van der Waals surface area contributed by atoms with Crippen LogP contribution in [0, 0.1) is 0 Å². The van der Waals surface area contributed by atoms with Crippen molar-refractivity contribution in [1.29, 1.82) is 0 Å². The molecule has 6 aromatic rings. The normalized spacial score (nSPS) is 20.8. The Kier molecular flexibility index (Phi) is 17.3. The summed E-state index contributed by atoms with van der Waals surface area (Å²) < 4.78 is 112. The van der Waals surface area contributed by atoms with Gasteiger partial charge in [0.15, 0.2) is 23.2 Å². The molecule has 81 heavy (non-hydrogen) atoms. The molecule has 6 aliphatic heterocycles.